The third-order valence-corrected chi connectivity index (χ3v) is 3.72. The van der Waals surface area contributed by atoms with Gasteiger partial charge in [-0.2, -0.15) is 0 Å². The predicted octanol–water partition coefficient (Wildman–Crippen LogP) is 3.82. The minimum absolute atomic E-state index is 0.384. The Morgan fingerprint density at radius 3 is 2.05 bits per heavy atom. The summed E-state index contributed by atoms with van der Waals surface area (Å²) in [5.41, 5.74) is 0.384. The highest BCUT2D eigenvalue weighted by Gasteiger charge is 2.17. The molecule has 5 nitrogen and oxygen atoms in total. The zero-order valence-electron chi connectivity index (χ0n) is 13.3. The lowest BCUT2D eigenvalue weighted by molar-refractivity contribution is 0.0497. The van der Waals surface area contributed by atoms with Gasteiger partial charge in [0.25, 0.3) is 0 Å². The average molecular weight is 375 g/mol. The highest BCUT2D eigenvalue weighted by molar-refractivity contribution is 9.09. The molecule has 0 fully saturated rings. The van der Waals surface area contributed by atoms with E-state index < -0.39 is 0 Å². The normalized spacial score (nSPS) is 10.2. The fourth-order valence-electron chi connectivity index (χ4n) is 2.00. The van der Waals surface area contributed by atoms with Gasteiger partial charge in [-0.1, -0.05) is 28.8 Å². The Bertz CT molecular complexity index is 451. The van der Waals surface area contributed by atoms with Gasteiger partial charge >= 0.3 is 5.97 Å². The molecule has 0 saturated heterocycles. The Kier molecular flexibility index (Phi) is 8.74. The van der Waals surface area contributed by atoms with E-state index in [2.05, 4.69) is 15.9 Å². The Labute approximate surface area is 140 Å². The smallest absolute Gasteiger partial charge is 0.338 e. The van der Waals surface area contributed by atoms with Crippen LogP contribution >= 0.6 is 15.9 Å². The van der Waals surface area contributed by atoms with E-state index in [0.29, 0.717) is 29.4 Å². The molecule has 1 rings (SSSR count). The summed E-state index contributed by atoms with van der Waals surface area (Å²) < 4.78 is 20.9. The van der Waals surface area contributed by atoms with Gasteiger partial charge in [0, 0.05) is 5.33 Å². The van der Waals surface area contributed by atoms with Gasteiger partial charge in [-0.25, -0.2) is 4.79 Å². The zero-order chi connectivity index (χ0) is 16.4. The lowest BCUT2D eigenvalue weighted by Gasteiger charge is -2.13. The van der Waals surface area contributed by atoms with E-state index in [0.717, 1.165) is 31.0 Å². The average Bonchev–Trinajstić information content (AvgIpc) is 2.56. The number of hydrogen-bond donors (Lipinski definition) is 0. The largest absolute Gasteiger partial charge is 0.493 e. The Balaban J connectivity index is 2.65. The lowest BCUT2D eigenvalue weighted by atomic mass is 10.2. The molecule has 124 valence electrons. The minimum atomic E-state index is -0.389. The van der Waals surface area contributed by atoms with Gasteiger partial charge in [-0.05, 0) is 25.0 Å². The van der Waals surface area contributed by atoms with Crippen LogP contribution in [0.3, 0.4) is 0 Å². The highest BCUT2D eigenvalue weighted by atomic mass is 79.9. The van der Waals surface area contributed by atoms with Crippen molar-refractivity contribution in [2.75, 3.05) is 33.3 Å². The maximum Gasteiger partial charge on any atom is 0.338 e. The lowest BCUT2D eigenvalue weighted by Crippen LogP contribution is -2.08. The molecule has 0 aromatic heterocycles. The molecule has 0 heterocycles. The molecule has 6 heteroatoms. The molecule has 0 N–H and O–H groups in total. The number of rotatable bonds is 10. The summed E-state index contributed by atoms with van der Waals surface area (Å²) in [5.74, 6) is 0.938. The summed E-state index contributed by atoms with van der Waals surface area (Å²) in [6, 6.07) is 3.18. The molecule has 0 amide bonds. The Hall–Kier alpha value is -1.43. The first-order chi connectivity index (χ1) is 10.7. The Morgan fingerprint density at radius 2 is 1.55 bits per heavy atom. The SMILES string of the molecule is COc1cc(C(=O)OCCCCCCBr)cc(OC)c1OC. The van der Waals surface area contributed by atoms with E-state index >= 15 is 0 Å². The first kappa shape index (κ1) is 18.6. The van der Waals surface area contributed by atoms with Gasteiger partial charge in [0.2, 0.25) is 5.75 Å². The number of halogens is 1. The van der Waals surface area contributed by atoms with Crippen LogP contribution in [-0.2, 0) is 4.74 Å². The van der Waals surface area contributed by atoms with Crippen molar-refractivity contribution >= 4 is 21.9 Å². The van der Waals surface area contributed by atoms with Gasteiger partial charge in [0.1, 0.15) is 0 Å². The van der Waals surface area contributed by atoms with Gasteiger partial charge in [-0.15, -0.1) is 0 Å². The van der Waals surface area contributed by atoms with Crippen molar-refractivity contribution in [2.45, 2.75) is 25.7 Å². The first-order valence-electron chi connectivity index (χ1n) is 7.21. The molecule has 0 atom stereocenters. The van der Waals surface area contributed by atoms with Crippen LogP contribution in [0.2, 0.25) is 0 Å². The van der Waals surface area contributed by atoms with E-state index in [1.54, 1.807) is 12.1 Å². The molecule has 22 heavy (non-hydrogen) atoms. The summed E-state index contributed by atoms with van der Waals surface area (Å²) in [6.07, 6.45) is 4.19. The van der Waals surface area contributed by atoms with Gasteiger partial charge in [0.05, 0.1) is 33.5 Å². The summed E-state index contributed by atoms with van der Waals surface area (Å²) in [4.78, 5) is 12.1. The minimum Gasteiger partial charge on any atom is -0.493 e. The second-order valence-electron chi connectivity index (χ2n) is 4.65. The van der Waals surface area contributed by atoms with Crippen molar-refractivity contribution in [2.24, 2.45) is 0 Å². The Morgan fingerprint density at radius 1 is 0.955 bits per heavy atom. The van der Waals surface area contributed by atoms with Gasteiger partial charge < -0.3 is 18.9 Å². The molecule has 1 aromatic rings. The van der Waals surface area contributed by atoms with Crippen LogP contribution in [0.5, 0.6) is 17.2 Å². The van der Waals surface area contributed by atoms with Crippen molar-refractivity contribution in [1.29, 1.82) is 0 Å². The molecule has 0 radical (unpaired) electrons. The van der Waals surface area contributed by atoms with Crippen LogP contribution in [0.4, 0.5) is 0 Å². The number of alkyl halides is 1. The van der Waals surface area contributed by atoms with Crippen molar-refractivity contribution in [3.8, 4) is 17.2 Å². The van der Waals surface area contributed by atoms with E-state index in [1.807, 2.05) is 0 Å². The maximum atomic E-state index is 12.1. The second-order valence-corrected chi connectivity index (χ2v) is 5.45. The third kappa shape index (κ3) is 5.40. The molecule has 0 aliphatic heterocycles. The van der Waals surface area contributed by atoms with Crippen molar-refractivity contribution in [1.82, 2.24) is 0 Å². The zero-order valence-corrected chi connectivity index (χ0v) is 14.9. The molecule has 0 saturated carbocycles. The van der Waals surface area contributed by atoms with Crippen LogP contribution in [0.1, 0.15) is 36.0 Å². The molecular formula is C16H23BrO5. The number of carbonyl (C=O) groups is 1. The first-order valence-corrected chi connectivity index (χ1v) is 8.33. The molecule has 0 unspecified atom stereocenters. The van der Waals surface area contributed by atoms with Gasteiger partial charge in [0.15, 0.2) is 11.5 Å². The number of unbranched alkanes of at least 4 members (excludes halogenated alkanes) is 3. The number of benzene rings is 1. The van der Waals surface area contributed by atoms with Crippen LogP contribution in [0.25, 0.3) is 0 Å². The summed E-state index contributed by atoms with van der Waals surface area (Å²) in [5, 5.41) is 1.01. The van der Waals surface area contributed by atoms with Crippen LogP contribution in [-0.4, -0.2) is 39.2 Å². The molecular weight excluding hydrogens is 352 g/mol. The van der Waals surface area contributed by atoms with Crippen LogP contribution in [0.15, 0.2) is 12.1 Å². The fourth-order valence-corrected chi connectivity index (χ4v) is 2.39. The van der Waals surface area contributed by atoms with E-state index in [-0.39, 0.29) is 5.97 Å². The van der Waals surface area contributed by atoms with E-state index in [4.69, 9.17) is 18.9 Å². The fraction of sp³-hybridized carbons (Fsp3) is 0.562. The molecule has 0 spiro atoms. The van der Waals surface area contributed by atoms with Crippen LogP contribution in [0, 0.1) is 0 Å². The molecule has 0 aliphatic carbocycles. The maximum absolute atomic E-state index is 12.1. The molecule has 0 aliphatic rings. The third-order valence-electron chi connectivity index (χ3n) is 3.16. The molecule has 1 aromatic carbocycles. The van der Waals surface area contributed by atoms with E-state index in [9.17, 15) is 4.79 Å². The highest BCUT2D eigenvalue weighted by Crippen LogP contribution is 2.38. The summed E-state index contributed by atoms with van der Waals surface area (Å²) in [7, 11) is 4.54. The number of hydrogen-bond acceptors (Lipinski definition) is 5. The van der Waals surface area contributed by atoms with Gasteiger partial charge in [-0.3, -0.25) is 0 Å². The summed E-state index contributed by atoms with van der Waals surface area (Å²) in [6.45, 7) is 0.414. The predicted molar refractivity (Wildman–Crippen MR) is 88.6 cm³/mol. The van der Waals surface area contributed by atoms with Crippen LogP contribution < -0.4 is 14.2 Å². The van der Waals surface area contributed by atoms with Crippen molar-refractivity contribution < 1.29 is 23.7 Å². The molecule has 0 bridgehead atoms. The quantitative estimate of drug-likeness (QED) is 0.354. The van der Waals surface area contributed by atoms with Crippen molar-refractivity contribution in [3.63, 3.8) is 0 Å². The number of ether oxygens (including phenoxy) is 4. The second kappa shape index (κ2) is 10.3. The monoisotopic (exact) mass is 374 g/mol. The van der Waals surface area contributed by atoms with Crippen molar-refractivity contribution in [3.05, 3.63) is 17.7 Å². The standard InChI is InChI=1S/C16H23BrO5/c1-19-13-10-12(11-14(20-2)15(13)21-3)16(18)22-9-7-5-4-6-8-17/h10-11H,4-9H2,1-3H3. The number of esters is 1. The van der Waals surface area contributed by atoms with E-state index in [1.165, 1.54) is 21.3 Å². The number of methoxy groups -OCH3 is 3. The number of carbonyl (C=O) groups excluding carboxylic acids is 1. The topological polar surface area (TPSA) is 54.0 Å². The summed E-state index contributed by atoms with van der Waals surface area (Å²) >= 11 is 3.39.